The molecule has 0 N–H and O–H groups in total. The minimum absolute atomic E-state index is 0.0464. The SMILES string of the molecule is COC(=O)C12OC(CC3CN(C(=O)c4ccccc4)c4ccccc43)(N(C)C1=O)C13c4c5c6c7c8c9c(c%10c%11c1c1c4c4c%12c5c5c6c6c8c8c%13c9c9c%10c%10c%11c%11c1c1c4c4c%12c%12c5c5c6c8c6c8c%13c9c9c%10c%10c%11c1c1c4c4c%12c5c6c5c8c9c%10c1c45)C723. The summed E-state index contributed by atoms with van der Waals surface area (Å²) in [6, 6.07) is 18.2. The van der Waals surface area contributed by atoms with Crippen LogP contribution < -0.4 is 4.90 Å². The third kappa shape index (κ3) is 2.12. The molecule has 89 heavy (non-hydrogen) atoms. The van der Waals surface area contributed by atoms with Crippen molar-refractivity contribution in [3.05, 3.63) is 88.0 Å². The van der Waals surface area contributed by atoms with Crippen molar-refractivity contribution in [2.75, 3.05) is 25.6 Å². The number of hydrogen-bond donors (Lipinski definition) is 0. The molecular weight excluding hydrogens is 1090 g/mol. The van der Waals surface area contributed by atoms with Gasteiger partial charge in [-0.15, -0.1) is 0 Å². The number of carbonyl (C=O) groups excluding carboxylic acids is 3. The summed E-state index contributed by atoms with van der Waals surface area (Å²) < 4.78 is 15.2. The van der Waals surface area contributed by atoms with Gasteiger partial charge in [-0.1, -0.05) is 36.4 Å². The molecule has 3 aliphatic heterocycles. The average molecular weight is 1110 g/mol. The number of piperidine rings is 1. The Kier molecular flexibility index (Phi) is 3.56. The Hall–Kier alpha value is -10.7. The minimum Gasteiger partial charge on any atom is -0.466 e. The fraction of sp³-hybridized carbons (Fsp3) is 0.110. The number of rotatable bonds is 4. The van der Waals surface area contributed by atoms with Crippen LogP contribution >= 0.6 is 0 Å². The van der Waals surface area contributed by atoms with Crippen LogP contribution in [0.3, 0.4) is 0 Å². The Balaban J connectivity index is 0.930. The molecule has 7 aliphatic rings. The second-order valence-corrected chi connectivity index (χ2v) is 30.9. The fourth-order valence-electron chi connectivity index (χ4n) is 29.6. The van der Waals surface area contributed by atoms with E-state index in [4.69, 9.17) is 9.47 Å². The normalized spacial score (nSPS) is 25.5. The summed E-state index contributed by atoms with van der Waals surface area (Å²) in [6.07, 6.45) is 0.350. The molecule has 7 heteroatoms. The number of para-hydroxylation sites is 1. The van der Waals surface area contributed by atoms with E-state index in [0.717, 1.165) is 11.3 Å². The predicted octanol–water partition coefficient (Wildman–Crippen LogP) is 18.2. The maximum atomic E-state index is 17.6. The monoisotopic (exact) mass is 1110 g/mol. The van der Waals surface area contributed by atoms with Crippen molar-refractivity contribution in [2.24, 2.45) is 0 Å². The Labute approximate surface area is 488 Å². The topological polar surface area (TPSA) is 76.2 Å². The molecule has 37 rings (SSSR count). The van der Waals surface area contributed by atoms with Crippen molar-refractivity contribution in [3.63, 3.8) is 0 Å². The van der Waals surface area contributed by atoms with Crippen LogP contribution in [0.2, 0.25) is 0 Å². The molecule has 3 heterocycles. The van der Waals surface area contributed by atoms with Crippen molar-refractivity contribution < 1.29 is 23.9 Å². The summed E-state index contributed by atoms with van der Waals surface area (Å²) in [4.78, 5) is 54.0. The van der Waals surface area contributed by atoms with E-state index in [9.17, 15) is 0 Å². The van der Waals surface area contributed by atoms with E-state index in [2.05, 4.69) is 24.3 Å². The van der Waals surface area contributed by atoms with Crippen molar-refractivity contribution in [2.45, 2.75) is 34.5 Å². The molecule has 0 saturated carbocycles. The summed E-state index contributed by atoms with van der Waals surface area (Å²) in [5.74, 6) is -1.25. The fourth-order valence-corrected chi connectivity index (χ4v) is 29.6. The van der Waals surface area contributed by atoms with E-state index >= 15 is 14.4 Å². The highest BCUT2D eigenvalue weighted by Crippen LogP contribution is 2.90. The van der Waals surface area contributed by atoms with Gasteiger partial charge in [-0.2, -0.15) is 0 Å². The Morgan fingerprint density at radius 1 is 0.404 bits per heavy atom. The molecule has 3 unspecified atom stereocenters. The van der Waals surface area contributed by atoms with Gasteiger partial charge in [-0.05, 0) is 337 Å². The van der Waals surface area contributed by atoms with Crippen LogP contribution in [0, 0.1) is 0 Å². The summed E-state index contributed by atoms with van der Waals surface area (Å²) in [6.45, 7) is 0.394. The van der Waals surface area contributed by atoms with Gasteiger partial charge in [0.1, 0.15) is 0 Å². The van der Waals surface area contributed by atoms with E-state index in [1.165, 1.54) is 299 Å². The number of hydrogen-bond acceptors (Lipinski definition) is 5. The molecule has 2 saturated heterocycles. The second kappa shape index (κ2) is 8.70. The van der Waals surface area contributed by atoms with Gasteiger partial charge in [0.25, 0.3) is 17.4 Å². The molecule has 2 fully saturated rings. The van der Waals surface area contributed by atoms with Gasteiger partial charge in [-0.25, -0.2) is 4.79 Å². The summed E-state index contributed by atoms with van der Waals surface area (Å²) in [5.41, 5.74) is 1.30. The lowest BCUT2D eigenvalue weighted by molar-refractivity contribution is -0.173. The average Bonchev–Trinajstić information content (AvgIpc) is 1.37. The first-order valence-electron chi connectivity index (χ1n) is 32.2. The van der Waals surface area contributed by atoms with Crippen LogP contribution in [0.5, 0.6) is 0 Å². The number of benzene rings is 20. The van der Waals surface area contributed by atoms with E-state index < -0.39 is 28.1 Å². The third-order valence-corrected chi connectivity index (χ3v) is 30.2. The number of carbonyl (C=O) groups is 3. The zero-order valence-corrected chi connectivity index (χ0v) is 46.1. The van der Waals surface area contributed by atoms with Gasteiger partial charge >= 0.3 is 5.97 Å². The Morgan fingerprint density at radius 2 is 0.685 bits per heavy atom. The number of esters is 1. The van der Waals surface area contributed by atoms with Gasteiger partial charge in [-0.3, -0.25) is 9.59 Å². The second-order valence-electron chi connectivity index (χ2n) is 30.9. The lowest BCUT2D eigenvalue weighted by atomic mass is 9.40. The van der Waals surface area contributed by atoms with Gasteiger partial charge in [0, 0.05) is 37.2 Å². The van der Waals surface area contributed by atoms with Gasteiger partial charge in [0.05, 0.1) is 17.9 Å². The van der Waals surface area contributed by atoms with Crippen molar-refractivity contribution in [1.82, 2.24) is 4.90 Å². The van der Waals surface area contributed by atoms with Crippen LogP contribution in [0.25, 0.3) is 291 Å². The standard InChI is InChI=1S/C82H20N2O5/c1-83-77(86)82(78(87)88-2)81-74-68-62-52-44-34-26-22-19-18-20-24(26)32-40(34)54(62)60-50-42(32)36-28(20)29-21(18)25-27-23(19)31-30(22)38(44)48-49-39(31)45-35(27)41-33(25)43-37(29)47-46(36)56(50)64-65-57(47)51(43)61-55(41)63-53(45)59(49)71(70(74)58(48)52)75(81)69(63)67(61)73(65)80(81,72(64)66(60)68)79(83,89-82)12-15-13-84(17-11-7-6-10-16(15)17)76(85)14-8-4-3-5-9-14/h3-11,15H,12-13H2,1-2H3. The zero-order valence-electron chi connectivity index (χ0n) is 46.1. The Bertz CT molecular complexity index is 8370. The maximum Gasteiger partial charge on any atom is 0.349 e. The van der Waals surface area contributed by atoms with Crippen LogP contribution in [0.15, 0.2) is 54.6 Å². The largest absolute Gasteiger partial charge is 0.466 e. The van der Waals surface area contributed by atoms with E-state index in [-0.39, 0.29) is 17.7 Å². The first kappa shape index (κ1) is 36.4. The molecule has 388 valence electrons. The first-order chi connectivity index (χ1) is 43.9. The van der Waals surface area contributed by atoms with Crippen molar-refractivity contribution in [3.8, 4) is 0 Å². The Morgan fingerprint density at radius 3 is 1.00 bits per heavy atom. The molecule has 2 spiro atoms. The molecule has 4 aliphatic carbocycles. The third-order valence-electron chi connectivity index (χ3n) is 30.2. The van der Waals surface area contributed by atoms with E-state index in [1.54, 1.807) is 21.5 Å². The highest BCUT2D eigenvalue weighted by atomic mass is 16.6. The number of likely N-dealkylation sites (N-methyl/N-ethyl adjacent to an activating group) is 1. The molecule has 2 amide bonds. The summed E-state index contributed by atoms with van der Waals surface area (Å²) >= 11 is 0. The highest BCUT2D eigenvalue weighted by Gasteiger charge is 2.96. The minimum atomic E-state index is -2.16. The number of ether oxygens (including phenoxy) is 2. The zero-order chi connectivity index (χ0) is 54.9. The molecular formula is C82H20N2O5. The van der Waals surface area contributed by atoms with Gasteiger partial charge in [0.2, 0.25) is 0 Å². The maximum absolute atomic E-state index is 17.6. The van der Waals surface area contributed by atoms with Crippen LogP contribution in [-0.2, 0) is 29.9 Å². The lowest BCUT2D eigenvalue weighted by Crippen LogP contribution is -2.76. The molecule has 0 radical (unpaired) electrons. The smallest absolute Gasteiger partial charge is 0.349 e. The van der Waals surface area contributed by atoms with Crippen LogP contribution in [-0.4, -0.2) is 54.7 Å². The number of methoxy groups -OCH3 is 1. The van der Waals surface area contributed by atoms with Crippen molar-refractivity contribution in [1.29, 1.82) is 0 Å². The lowest BCUT2D eigenvalue weighted by Gasteiger charge is -2.61. The van der Waals surface area contributed by atoms with E-state index in [1.807, 2.05) is 47.2 Å². The number of nitrogens with zero attached hydrogens (tertiary/aromatic N) is 2. The van der Waals surface area contributed by atoms with Gasteiger partial charge in [0.15, 0.2) is 5.72 Å². The number of fused-ring (bicyclic) bond motifs is 3. The first-order valence-corrected chi connectivity index (χ1v) is 32.2. The summed E-state index contributed by atoms with van der Waals surface area (Å²) in [5, 5.41) is 78.3. The van der Waals surface area contributed by atoms with Gasteiger partial charge < -0.3 is 19.3 Å². The molecule has 7 nitrogen and oxygen atoms in total. The molecule has 2 bridgehead atoms. The van der Waals surface area contributed by atoms with Crippen LogP contribution in [0.1, 0.15) is 50.5 Å². The van der Waals surface area contributed by atoms with Crippen molar-refractivity contribution >= 4 is 314 Å². The molecule has 3 atom stereocenters. The van der Waals surface area contributed by atoms with E-state index in [0.29, 0.717) is 18.5 Å². The van der Waals surface area contributed by atoms with Crippen LogP contribution in [0.4, 0.5) is 5.69 Å². The summed E-state index contributed by atoms with van der Waals surface area (Å²) in [7, 11) is 3.52. The predicted molar refractivity (Wildman–Crippen MR) is 357 cm³/mol. The quantitative estimate of drug-likeness (QED) is 0.0997. The number of likely N-dealkylation sites (tertiary alicyclic amines) is 1. The highest BCUT2D eigenvalue weighted by molar-refractivity contribution is 6.82. The number of amides is 2. The molecule has 0 aromatic heterocycles. The molecule has 30 aromatic carbocycles. The molecule has 30 aromatic rings. The number of anilines is 1.